The molecule has 1 aromatic carbocycles. The Morgan fingerprint density at radius 2 is 2.00 bits per heavy atom. The third-order valence-corrected chi connectivity index (χ3v) is 3.77. The van der Waals surface area contributed by atoms with Gasteiger partial charge in [-0.25, -0.2) is 4.98 Å². The monoisotopic (exact) mass is 334 g/mol. The lowest BCUT2D eigenvalue weighted by atomic mass is 10.1. The molecule has 1 aliphatic rings. The van der Waals surface area contributed by atoms with Gasteiger partial charge in [0.2, 0.25) is 0 Å². The zero-order chi connectivity index (χ0) is 14.3. The summed E-state index contributed by atoms with van der Waals surface area (Å²) >= 11 is 3.30. The Labute approximate surface area is 125 Å². The molecule has 3 rings (SSSR count). The molecule has 0 amide bonds. The summed E-state index contributed by atoms with van der Waals surface area (Å²) in [5.41, 5.74) is 3.38. The van der Waals surface area contributed by atoms with E-state index in [1.54, 1.807) is 13.2 Å². The predicted molar refractivity (Wildman–Crippen MR) is 82.1 cm³/mol. The first-order chi connectivity index (χ1) is 9.52. The molecule has 5 nitrogen and oxygen atoms in total. The zero-order valence-corrected chi connectivity index (χ0v) is 12.9. The fraction of sp³-hybridized carbons (Fsp3) is 0.286. The number of anilines is 2. The van der Waals surface area contributed by atoms with Crippen molar-refractivity contribution < 1.29 is 0 Å². The van der Waals surface area contributed by atoms with Crippen molar-refractivity contribution >= 4 is 27.4 Å². The highest BCUT2D eigenvalue weighted by molar-refractivity contribution is 9.10. The van der Waals surface area contributed by atoms with Gasteiger partial charge in [-0.15, -0.1) is 0 Å². The lowest BCUT2D eigenvalue weighted by Gasteiger charge is -2.08. The summed E-state index contributed by atoms with van der Waals surface area (Å²) in [6.45, 7) is 1.92. The first-order valence-electron chi connectivity index (χ1n) is 6.33. The largest absolute Gasteiger partial charge is 0.336 e. The van der Waals surface area contributed by atoms with Gasteiger partial charge in [0.25, 0.3) is 5.56 Å². The van der Waals surface area contributed by atoms with Crippen LogP contribution in [0.4, 0.5) is 11.5 Å². The van der Waals surface area contributed by atoms with E-state index in [0.29, 0.717) is 10.4 Å². The first kappa shape index (κ1) is 13.3. The second kappa shape index (κ2) is 5.03. The number of aromatic nitrogens is 2. The first-order valence-corrected chi connectivity index (χ1v) is 7.13. The van der Waals surface area contributed by atoms with Gasteiger partial charge < -0.3 is 9.88 Å². The Bertz CT molecular complexity index is 726. The number of rotatable bonds is 2. The molecule has 6 heteroatoms. The number of hydrogen-bond acceptors (Lipinski definition) is 4. The fourth-order valence-corrected chi connectivity index (χ4v) is 2.91. The van der Waals surface area contributed by atoms with Gasteiger partial charge >= 0.3 is 0 Å². The van der Waals surface area contributed by atoms with Crippen LogP contribution in [0.1, 0.15) is 11.1 Å². The second-order valence-corrected chi connectivity index (χ2v) is 5.92. The molecule has 1 aromatic heterocycles. The van der Waals surface area contributed by atoms with Crippen LogP contribution in [0.25, 0.3) is 0 Å². The van der Waals surface area contributed by atoms with Gasteiger partial charge in [0.1, 0.15) is 4.60 Å². The molecule has 0 spiro atoms. The smallest absolute Gasteiger partial charge is 0.293 e. The van der Waals surface area contributed by atoms with Gasteiger partial charge in [0.15, 0.2) is 5.82 Å². The van der Waals surface area contributed by atoms with Crippen LogP contribution in [-0.4, -0.2) is 21.5 Å². The molecule has 20 heavy (non-hydrogen) atoms. The number of aryl methyl sites for hydroxylation is 1. The van der Waals surface area contributed by atoms with Gasteiger partial charge in [-0.2, -0.15) is 0 Å². The number of benzene rings is 1. The average Bonchev–Trinajstić information content (AvgIpc) is 2.74. The Morgan fingerprint density at radius 3 is 2.80 bits per heavy atom. The third-order valence-electron chi connectivity index (χ3n) is 3.39. The minimum Gasteiger partial charge on any atom is -0.336 e. The zero-order valence-electron chi connectivity index (χ0n) is 11.4. The van der Waals surface area contributed by atoms with Crippen molar-refractivity contribution in [2.75, 3.05) is 12.4 Å². The number of nitrogens with zero attached hydrogens (tertiary/aromatic N) is 3. The highest BCUT2D eigenvalue weighted by atomic mass is 79.9. The van der Waals surface area contributed by atoms with E-state index in [4.69, 9.17) is 0 Å². The molecule has 0 aliphatic carbocycles. The van der Waals surface area contributed by atoms with E-state index < -0.39 is 0 Å². The van der Waals surface area contributed by atoms with E-state index in [1.807, 2.05) is 6.07 Å². The van der Waals surface area contributed by atoms with Crippen molar-refractivity contribution in [3.8, 4) is 0 Å². The number of hydrogen-bond donors (Lipinski definition) is 1. The third kappa shape index (κ3) is 2.48. The van der Waals surface area contributed by atoms with Crippen LogP contribution in [0.5, 0.6) is 0 Å². The highest BCUT2D eigenvalue weighted by Crippen LogP contribution is 2.25. The topological polar surface area (TPSA) is 50.2 Å². The Balaban J connectivity index is 1.93. The molecule has 0 atom stereocenters. The maximum absolute atomic E-state index is 12.0. The van der Waals surface area contributed by atoms with Crippen molar-refractivity contribution in [3.63, 3.8) is 0 Å². The minimum atomic E-state index is -0.147. The van der Waals surface area contributed by atoms with E-state index in [2.05, 4.69) is 50.3 Å². The molecule has 0 saturated heterocycles. The van der Waals surface area contributed by atoms with Crippen molar-refractivity contribution in [2.45, 2.75) is 13.1 Å². The molecule has 104 valence electrons. The Morgan fingerprint density at radius 1 is 1.25 bits per heavy atom. The predicted octanol–water partition coefficient (Wildman–Crippen LogP) is 2.23. The van der Waals surface area contributed by atoms with Crippen LogP contribution in [0, 0.1) is 0 Å². The van der Waals surface area contributed by atoms with Crippen molar-refractivity contribution in [2.24, 2.45) is 7.05 Å². The van der Waals surface area contributed by atoms with Crippen LogP contribution < -0.4 is 10.9 Å². The van der Waals surface area contributed by atoms with E-state index in [9.17, 15) is 4.79 Å². The number of fused-ring (bicyclic) bond motifs is 1. The lowest BCUT2D eigenvalue weighted by Crippen LogP contribution is -2.21. The van der Waals surface area contributed by atoms with Gasteiger partial charge in [0.05, 0.1) is 0 Å². The fourth-order valence-electron chi connectivity index (χ4n) is 2.43. The SMILES string of the molecule is CN1Cc2ccc(Nc3nc(Br)cn(C)c3=O)cc2C1. The summed E-state index contributed by atoms with van der Waals surface area (Å²) in [5.74, 6) is 0.327. The molecule has 2 heterocycles. The van der Waals surface area contributed by atoms with Crippen LogP contribution in [0.3, 0.4) is 0 Å². The maximum atomic E-state index is 12.0. The average molecular weight is 335 g/mol. The molecule has 0 fully saturated rings. The summed E-state index contributed by atoms with van der Waals surface area (Å²) < 4.78 is 2.13. The summed E-state index contributed by atoms with van der Waals surface area (Å²) in [4.78, 5) is 18.5. The van der Waals surface area contributed by atoms with Crippen molar-refractivity contribution in [1.82, 2.24) is 14.5 Å². The lowest BCUT2D eigenvalue weighted by molar-refractivity contribution is 0.353. The normalized spacial score (nSPS) is 14.3. The molecule has 0 unspecified atom stereocenters. The molecule has 0 radical (unpaired) electrons. The Hall–Kier alpha value is -1.66. The van der Waals surface area contributed by atoms with E-state index in [0.717, 1.165) is 18.8 Å². The van der Waals surface area contributed by atoms with Crippen molar-refractivity contribution in [1.29, 1.82) is 0 Å². The Kier molecular flexibility index (Phi) is 3.35. The van der Waals surface area contributed by atoms with Gasteiger partial charge in [-0.05, 0) is 46.2 Å². The summed E-state index contributed by atoms with van der Waals surface area (Å²) in [5, 5.41) is 3.11. The molecule has 1 aliphatic heterocycles. The van der Waals surface area contributed by atoms with Crippen molar-refractivity contribution in [3.05, 3.63) is 50.5 Å². The summed E-state index contributed by atoms with van der Waals surface area (Å²) in [6, 6.07) is 6.17. The van der Waals surface area contributed by atoms with Gasteiger partial charge in [-0.1, -0.05) is 6.07 Å². The molecular weight excluding hydrogens is 320 g/mol. The molecule has 0 saturated carbocycles. The molecule has 1 N–H and O–H groups in total. The van der Waals surface area contributed by atoms with Gasteiger partial charge in [0, 0.05) is 32.0 Å². The summed E-state index contributed by atoms with van der Waals surface area (Å²) in [6.07, 6.45) is 1.64. The molecule has 2 aromatic rings. The number of nitrogens with one attached hydrogen (secondary N) is 1. The van der Waals surface area contributed by atoms with E-state index >= 15 is 0 Å². The summed E-state index contributed by atoms with van der Waals surface area (Å²) in [7, 11) is 3.80. The number of halogens is 1. The maximum Gasteiger partial charge on any atom is 0.293 e. The van der Waals surface area contributed by atoms with E-state index in [1.165, 1.54) is 15.7 Å². The van der Waals surface area contributed by atoms with E-state index in [-0.39, 0.29) is 5.56 Å². The van der Waals surface area contributed by atoms with Crippen LogP contribution in [0.15, 0.2) is 33.8 Å². The highest BCUT2D eigenvalue weighted by Gasteiger charge is 2.16. The minimum absolute atomic E-state index is 0.147. The quantitative estimate of drug-likeness (QED) is 0.914. The van der Waals surface area contributed by atoms with Gasteiger partial charge in [-0.3, -0.25) is 9.69 Å². The molecule has 0 bridgehead atoms. The standard InChI is InChI=1S/C14H15BrN4O/c1-18-6-9-3-4-11(5-10(9)7-18)16-13-14(20)19(2)8-12(15)17-13/h3-5,8H,6-7H2,1-2H3,(H,16,17). The van der Waals surface area contributed by atoms with Crippen LogP contribution in [-0.2, 0) is 20.1 Å². The molecular formula is C14H15BrN4O. The van der Waals surface area contributed by atoms with Crippen LogP contribution in [0.2, 0.25) is 0 Å². The second-order valence-electron chi connectivity index (χ2n) is 5.11. The van der Waals surface area contributed by atoms with Crippen LogP contribution >= 0.6 is 15.9 Å².